The Hall–Kier alpha value is -1.83. The summed E-state index contributed by atoms with van der Waals surface area (Å²) in [4.78, 5) is 13.5. The highest BCUT2D eigenvalue weighted by Crippen LogP contribution is 2.33. The maximum absolute atomic E-state index is 12.9. The van der Waals surface area contributed by atoms with Crippen LogP contribution in [-0.2, 0) is 20.8 Å². The van der Waals surface area contributed by atoms with Gasteiger partial charge in [0.05, 0.1) is 17.4 Å². The van der Waals surface area contributed by atoms with Crippen molar-refractivity contribution in [3.63, 3.8) is 0 Å². The Morgan fingerprint density at radius 2 is 1.96 bits per heavy atom. The van der Waals surface area contributed by atoms with Crippen molar-refractivity contribution in [1.29, 1.82) is 0 Å². The lowest BCUT2D eigenvalue weighted by molar-refractivity contribution is -0.137. The molecule has 23 heavy (non-hydrogen) atoms. The molecule has 0 saturated heterocycles. The van der Waals surface area contributed by atoms with Crippen molar-refractivity contribution in [3.8, 4) is 0 Å². The van der Waals surface area contributed by atoms with E-state index >= 15 is 0 Å². The average molecular weight is 347 g/mol. The molecule has 1 amide bonds. The molecule has 126 valence electrons. The molecule has 4 nitrogen and oxygen atoms in total. The Bertz CT molecular complexity index is 739. The van der Waals surface area contributed by atoms with Gasteiger partial charge in [-0.25, -0.2) is 8.42 Å². The number of benzene rings is 1. The number of anilines is 1. The zero-order chi connectivity index (χ0) is 17.4. The van der Waals surface area contributed by atoms with Crippen LogP contribution in [0, 0.1) is 5.92 Å². The van der Waals surface area contributed by atoms with Crippen LogP contribution in [0.25, 0.3) is 0 Å². The van der Waals surface area contributed by atoms with E-state index in [0.29, 0.717) is 0 Å². The fourth-order valence-electron chi connectivity index (χ4n) is 2.31. The number of rotatable bonds is 3. The van der Waals surface area contributed by atoms with Gasteiger partial charge in [-0.3, -0.25) is 4.79 Å². The number of alkyl halides is 3. The highest BCUT2D eigenvalue weighted by molar-refractivity contribution is 7.94. The molecule has 0 fully saturated rings. The quantitative estimate of drug-likeness (QED) is 0.845. The maximum atomic E-state index is 12.9. The van der Waals surface area contributed by atoms with E-state index in [9.17, 15) is 26.4 Å². The molecule has 0 unspecified atom stereocenters. The molecule has 1 aliphatic heterocycles. The van der Waals surface area contributed by atoms with Crippen LogP contribution >= 0.6 is 0 Å². The van der Waals surface area contributed by atoms with Crippen molar-refractivity contribution in [2.45, 2.75) is 26.1 Å². The van der Waals surface area contributed by atoms with Crippen LogP contribution in [0.3, 0.4) is 0 Å². The minimum atomic E-state index is -4.54. The van der Waals surface area contributed by atoms with E-state index in [-0.39, 0.29) is 11.4 Å². The number of hydrogen-bond acceptors (Lipinski definition) is 3. The summed E-state index contributed by atoms with van der Waals surface area (Å²) < 4.78 is 61.8. The summed E-state index contributed by atoms with van der Waals surface area (Å²) in [5, 5.41) is 0.992. The molecular formula is C15H16F3NO3S. The molecule has 0 bridgehead atoms. The van der Waals surface area contributed by atoms with E-state index in [1.54, 1.807) is 13.8 Å². The Morgan fingerprint density at radius 1 is 1.30 bits per heavy atom. The van der Waals surface area contributed by atoms with Crippen molar-refractivity contribution >= 4 is 21.4 Å². The first-order valence-electron chi connectivity index (χ1n) is 6.92. The largest absolute Gasteiger partial charge is 0.416 e. The normalized spacial score (nSPS) is 20.0. The highest BCUT2D eigenvalue weighted by atomic mass is 32.2. The van der Waals surface area contributed by atoms with E-state index in [1.807, 2.05) is 0 Å². The summed E-state index contributed by atoms with van der Waals surface area (Å²) >= 11 is 0. The molecule has 8 heteroatoms. The lowest BCUT2D eigenvalue weighted by atomic mass is 10.1. The molecule has 0 radical (unpaired) electrons. The predicted octanol–water partition coefficient (Wildman–Crippen LogP) is 3.01. The lowest BCUT2D eigenvalue weighted by Crippen LogP contribution is -2.43. The second-order valence-corrected chi connectivity index (χ2v) is 7.57. The van der Waals surface area contributed by atoms with Gasteiger partial charge in [-0.2, -0.15) is 13.2 Å². The molecule has 0 aliphatic carbocycles. The predicted molar refractivity (Wildman–Crippen MR) is 80.5 cm³/mol. The van der Waals surface area contributed by atoms with Crippen LogP contribution in [0.15, 0.2) is 35.7 Å². The van der Waals surface area contributed by atoms with E-state index in [1.165, 1.54) is 18.2 Å². The van der Waals surface area contributed by atoms with Crippen LogP contribution < -0.4 is 4.90 Å². The third kappa shape index (κ3) is 3.93. The molecule has 0 N–H and O–H groups in total. The Balaban J connectivity index is 2.47. The summed E-state index contributed by atoms with van der Waals surface area (Å²) in [7, 11) is -3.44. The lowest BCUT2D eigenvalue weighted by Gasteiger charge is -2.29. The van der Waals surface area contributed by atoms with Gasteiger partial charge in [0.25, 0.3) is 0 Å². The summed E-state index contributed by atoms with van der Waals surface area (Å²) in [6.07, 6.45) is -3.21. The van der Waals surface area contributed by atoms with Crippen LogP contribution in [0.1, 0.15) is 19.4 Å². The molecule has 1 heterocycles. The maximum Gasteiger partial charge on any atom is 0.416 e. The van der Waals surface area contributed by atoms with Gasteiger partial charge in [0.2, 0.25) is 5.91 Å². The SMILES string of the molecule is CC(C)C(=O)N(c1cccc(C(F)(F)F)c1)[C@H]1C=CS(=O)(=O)C1. The Morgan fingerprint density at radius 3 is 2.43 bits per heavy atom. The number of carbonyl (C=O) groups excluding carboxylic acids is 1. The number of amides is 1. The zero-order valence-electron chi connectivity index (χ0n) is 12.5. The summed E-state index contributed by atoms with van der Waals surface area (Å²) in [6.45, 7) is 3.21. The molecule has 1 aromatic carbocycles. The fraction of sp³-hybridized carbons (Fsp3) is 0.400. The van der Waals surface area contributed by atoms with Gasteiger partial charge in [0.15, 0.2) is 9.84 Å². The van der Waals surface area contributed by atoms with Crippen LogP contribution in [-0.4, -0.2) is 26.1 Å². The Kier molecular flexibility index (Phi) is 4.57. The minimum Gasteiger partial charge on any atom is -0.304 e. The van der Waals surface area contributed by atoms with Crippen molar-refractivity contribution in [2.24, 2.45) is 5.92 Å². The number of carbonyl (C=O) groups is 1. The Labute approximate surface area is 132 Å². The van der Waals surface area contributed by atoms with E-state index in [2.05, 4.69) is 0 Å². The van der Waals surface area contributed by atoms with Crippen LogP contribution in [0.4, 0.5) is 18.9 Å². The van der Waals surface area contributed by atoms with Crippen molar-refractivity contribution in [3.05, 3.63) is 41.3 Å². The van der Waals surface area contributed by atoms with Gasteiger partial charge in [-0.05, 0) is 24.3 Å². The van der Waals surface area contributed by atoms with E-state index < -0.39 is 39.4 Å². The van der Waals surface area contributed by atoms with Crippen LogP contribution in [0.5, 0.6) is 0 Å². The molecule has 0 aromatic heterocycles. The van der Waals surface area contributed by atoms with Crippen LogP contribution in [0.2, 0.25) is 0 Å². The van der Waals surface area contributed by atoms with Gasteiger partial charge >= 0.3 is 6.18 Å². The number of halogens is 3. The second-order valence-electron chi connectivity index (χ2n) is 5.64. The molecule has 1 aromatic rings. The molecule has 1 atom stereocenters. The summed E-state index contributed by atoms with van der Waals surface area (Å²) in [5.74, 6) is -1.25. The molecule has 2 rings (SSSR count). The zero-order valence-corrected chi connectivity index (χ0v) is 13.4. The van der Waals surface area contributed by atoms with Crippen molar-refractivity contribution < 1.29 is 26.4 Å². The highest BCUT2D eigenvalue weighted by Gasteiger charge is 2.35. The monoisotopic (exact) mass is 347 g/mol. The second kappa shape index (κ2) is 5.99. The first-order chi connectivity index (χ1) is 10.5. The number of nitrogens with zero attached hydrogens (tertiary/aromatic N) is 1. The average Bonchev–Trinajstić information content (AvgIpc) is 2.78. The smallest absolute Gasteiger partial charge is 0.304 e. The molecule has 0 spiro atoms. The first-order valence-corrected chi connectivity index (χ1v) is 8.64. The molecule has 0 saturated carbocycles. The minimum absolute atomic E-state index is 0.0327. The fourth-order valence-corrected chi connectivity index (χ4v) is 3.58. The van der Waals surface area contributed by atoms with Gasteiger partial charge in [-0.15, -0.1) is 0 Å². The third-order valence-corrected chi connectivity index (χ3v) is 4.80. The molecular weight excluding hydrogens is 331 g/mol. The molecule has 1 aliphatic rings. The standard InChI is InChI=1S/C15H16F3NO3S/c1-10(2)14(20)19(13-6-7-23(21,22)9-13)12-5-3-4-11(8-12)15(16,17)18/h3-8,10,13H,9H2,1-2H3/t13-/m0/s1. The third-order valence-electron chi connectivity index (χ3n) is 3.43. The summed E-state index contributed by atoms with van der Waals surface area (Å²) in [6, 6.07) is 3.53. The van der Waals surface area contributed by atoms with Gasteiger partial charge in [0.1, 0.15) is 0 Å². The summed E-state index contributed by atoms with van der Waals surface area (Å²) in [5.41, 5.74) is -0.855. The van der Waals surface area contributed by atoms with E-state index in [0.717, 1.165) is 22.4 Å². The van der Waals surface area contributed by atoms with Gasteiger partial charge < -0.3 is 4.90 Å². The number of sulfone groups is 1. The van der Waals surface area contributed by atoms with Crippen molar-refractivity contribution in [1.82, 2.24) is 0 Å². The van der Waals surface area contributed by atoms with Gasteiger partial charge in [0, 0.05) is 17.0 Å². The van der Waals surface area contributed by atoms with Gasteiger partial charge in [-0.1, -0.05) is 19.9 Å². The van der Waals surface area contributed by atoms with Crippen molar-refractivity contribution in [2.75, 3.05) is 10.7 Å². The number of hydrogen-bond donors (Lipinski definition) is 0. The topological polar surface area (TPSA) is 54.5 Å². The first kappa shape index (κ1) is 17.5. The van der Waals surface area contributed by atoms with E-state index in [4.69, 9.17) is 0 Å².